The van der Waals surface area contributed by atoms with Gasteiger partial charge in [0.05, 0.1) is 12.1 Å². The summed E-state index contributed by atoms with van der Waals surface area (Å²) in [7, 11) is 0. The average Bonchev–Trinajstić information content (AvgIpc) is 3.32. The lowest BCUT2D eigenvalue weighted by atomic mass is 10.1. The molecule has 0 aliphatic rings. The number of aryl methyl sites for hydroxylation is 1. The van der Waals surface area contributed by atoms with Crippen LogP contribution in [0.2, 0.25) is 0 Å². The summed E-state index contributed by atoms with van der Waals surface area (Å²) in [4.78, 5) is 24.9. The van der Waals surface area contributed by atoms with Gasteiger partial charge in [-0.1, -0.05) is 31.2 Å². The minimum atomic E-state index is -0.451. The van der Waals surface area contributed by atoms with Crippen molar-refractivity contribution >= 4 is 40.1 Å². The van der Waals surface area contributed by atoms with Crippen LogP contribution in [0.1, 0.15) is 22.9 Å². The number of fused-ring (bicyclic) bond motifs is 1. The maximum atomic E-state index is 12.4. The molecule has 2 amide bonds. The quantitative estimate of drug-likeness (QED) is 0.477. The Labute approximate surface area is 166 Å². The van der Waals surface area contributed by atoms with Gasteiger partial charge < -0.3 is 15.6 Å². The molecule has 28 heavy (non-hydrogen) atoms. The second-order valence-electron chi connectivity index (χ2n) is 6.28. The van der Waals surface area contributed by atoms with Crippen molar-refractivity contribution in [3.05, 3.63) is 63.5 Å². The van der Waals surface area contributed by atoms with Gasteiger partial charge in [-0.2, -0.15) is 5.26 Å². The molecule has 2 aromatic heterocycles. The van der Waals surface area contributed by atoms with Crippen molar-refractivity contribution in [2.75, 3.05) is 0 Å². The Morgan fingerprint density at radius 2 is 2.14 bits per heavy atom. The van der Waals surface area contributed by atoms with E-state index >= 15 is 0 Å². The van der Waals surface area contributed by atoms with Crippen LogP contribution in [-0.4, -0.2) is 16.4 Å². The van der Waals surface area contributed by atoms with Crippen molar-refractivity contribution < 1.29 is 9.59 Å². The fourth-order valence-corrected chi connectivity index (χ4v) is 3.78. The van der Waals surface area contributed by atoms with Crippen molar-refractivity contribution in [2.45, 2.75) is 26.4 Å². The van der Waals surface area contributed by atoms with Gasteiger partial charge in [-0.05, 0) is 29.5 Å². The molecule has 0 aliphatic heterocycles. The van der Waals surface area contributed by atoms with Crippen LogP contribution < -0.4 is 11.1 Å². The Kier molecular flexibility index (Phi) is 5.92. The van der Waals surface area contributed by atoms with Gasteiger partial charge in [-0.15, -0.1) is 11.3 Å². The Hall–Kier alpha value is -3.37. The highest BCUT2D eigenvalue weighted by molar-refractivity contribution is 7.09. The van der Waals surface area contributed by atoms with Crippen LogP contribution in [0.15, 0.2) is 47.5 Å². The van der Waals surface area contributed by atoms with Gasteiger partial charge in [-0.3, -0.25) is 9.59 Å². The van der Waals surface area contributed by atoms with Crippen molar-refractivity contribution in [1.82, 2.24) is 9.88 Å². The molecule has 0 spiro atoms. The van der Waals surface area contributed by atoms with Gasteiger partial charge in [0.2, 0.25) is 5.91 Å². The number of carbonyl (C=O) groups is 2. The average molecular weight is 392 g/mol. The lowest BCUT2D eigenvalue weighted by Gasteiger charge is -2.06. The third-order valence-electron chi connectivity index (χ3n) is 4.39. The number of hydrogen-bond donors (Lipinski definition) is 2. The highest BCUT2D eigenvalue weighted by Crippen LogP contribution is 2.27. The summed E-state index contributed by atoms with van der Waals surface area (Å²) in [6, 6.07) is 11.6. The van der Waals surface area contributed by atoms with Crippen LogP contribution in [0.3, 0.4) is 0 Å². The highest BCUT2D eigenvalue weighted by Gasteiger charge is 2.15. The molecule has 0 saturated carbocycles. The first-order valence-electron chi connectivity index (χ1n) is 8.85. The van der Waals surface area contributed by atoms with E-state index in [9.17, 15) is 14.9 Å². The summed E-state index contributed by atoms with van der Waals surface area (Å²) in [5, 5.41) is 15.1. The van der Waals surface area contributed by atoms with Gasteiger partial charge in [0.15, 0.2) is 0 Å². The third-order valence-corrected chi connectivity index (χ3v) is 5.26. The smallest absolute Gasteiger partial charge is 0.262 e. The summed E-state index contributed by atoms with van der Waals surface area (Å²) in [5.41, 5.74) is 8.06. The Balaban J connectivity index is 1.98. The molecule has 0 unspecified atom stereocenters. The van der Waals surface area contributed by atoms with E-state index in [1.54, 1.807) is 16.8 Å². The van der Waals surface area contributed by atoms with Crippen LogP contribution in [0.4, 0.5) is 0 Å². The molecule has 0 fully saturated rings. The number of aromatic nitrogens is 1. The molecule has 0 aliphatic carbocycles. The van der Waals surface area contributed by atoms with Gasteiger partial charge in [0.1, 0.15) is 18.2 Å². The molecule has 0 atom stereocenters. The molecule has 3 N–H and O–H groups in total. The van der Waals surface area contributed by atoms with Crippen molar-refractivity contribution in [2.24, 2.45) is 5.73 Å². The normalized spacial score (nSPS) is 11.4. The number of thiophene rings is 1. The zero-order valence-corrected chi connectivity index (χ0v) is 16.3. The van der Waals surface area contributed by atoms with E-state index < -0.39 is 11.8 Å². The summed E-state index contributed by atoms with van der Waals surface area (Å²) in [6.07, 6.45) is 4.11. The Morgan fingerprint density at radius 3 is 2.79 bits per heavy atom. The second kappa shape index (κ2) is 8.55. The highest BCUT2D eigenvalue weighted by atomic mass is 32.1. The molecule has 3 aromatic rings. The molecule has 0 radical (unpaired) electrons. The van der Waals surface area contributed by atoms with Crippen LogP contribution in [0.25, 0.3) is 17.0 Å². The zero-order chi connectivity index (χ0) is 20.1. The lowest BCUT2D eigenvalue weighted by molar-refractivity contribution is -0.118. The number of nitrogens with zero attached hydrogens (tertiary/aromatic N) is 2. The van der Waals surface area contributed by atoms with Gasteiger partial charge in [0.25, 0.3) is 5.91 Å². The van der Waals surface area contributed by atoms with E-state index in [1.807, 2.05) is 48.7 Å². The molecule has 1 aromatic carbocycles. The van der Waals surface area contributed by atoms with Gasteiger partial charge >= 0.3 is 0 Å². The van der Waals surface area contributed by atoms with Crippen LogP contribution in [0, 0.1) is 11.3 Å². The first kappa shape index (κ1) is 19.4. The number of nitrogens with one attached hydrogen (secondary N) is 1. The Morgan fingerprint density at radius 1 is 1.32 bits per heavy atom. The van der Waals surface area contributed by atoms with E-state index in [0.717, 1.165) is 27.8 Å². The maximum absolute atomic E-state index is 12.4. The molecular weight excluding hydrogens is 372 g/mol. The Bertz CT molecular complexity index is 1090. The first-order valence-corrected chi connectivity index (χ1v) is 9.72. The second-order valence-corrected chi connectivity index (χ2v) is 7.31. The largest absolute Gasteiger partial charge is 0.368 e. The van der Waals surface area contributed by atoms with Crippen molar-refractivity contribution in [3.8, 4) is 6.07 Å². The summed E-state index contributed by atoms with van der Waals surface area (Å²) in [6.45, 7) is 2.44. The summed E-state index contributed by atoms with van der Waals surface area (Å²) >= 11 is 1.54. The molecule has 6 nitrogen and oxygen atoms in total. The minimum Gasteiger partial charge on any atom is -0.368 e. The van der Waals surface area contributed by atoms with Gasteiger partial charge in [0, 0.05) is 22.0 Å². The number of carbonyl (C=O) groups excluding carboxylic acids is 2. The number of rotatable bonds is 7. The topological polar surface area (TPSA) is 101 Å². The molecule has 0 bridgehead atoms. The van der Waals surface area contributed by atoms with E-state index in [1.165, 1.54) is 11.3 Å². The SMILES string of the molecule is CCc1cccc2c(/C=C(\C#N)C(=O)NCc3cccs3)cn(CC(N)=O)c12. The van der Waals surface area contributed by atoms with E-state index in [2.05, 4.69) is 5.32 Å². The number of nitriles is 1. The fourth-order valence-electron chi connectivity index (χ4n) is 3.14. The van der Waals surface area contributed by atoms with Crippen molar-refractivity contribution in [1.29, 1.82) is 5.26 Å². The number of primary amides is 1. The number of nitrogens with two attached hydrogens (primary N) is 1. The molecular formula is C21H20N4O2S. The number of benzene rings is 1. The van der Waals surface area contributed by atoms with Crippen molar-refractivity contribution in [3.63, 3.8) is 0 Å². The lowest BCUT2D eigenvalue weighted by Crippen LogP contribution is -2.23. The molecule has 7 heteroatoms. The molecule has 3 rings (SSSR count). The predicted octanol–water partition coefficient (Wildman–Crippen LogP) is 2.97. The zero-order valence-electron chi connectivity index (χ0n) is 15.4. The molecule has 2 heterocycles. The summed E-state index contributed by atoms with van der Waals surface area (Å²) in [5.74, 6) is -0.883. The third kappa shape index (κ3) is 4.13. The monoisotopic (exact) mass is 392 g/mol. The van der Waals surface area contributed by atoms with Crippen LogP contribution >= 0.6 is 11.3 Å². The molecule has 0 saturated heterocycles. The first-order chi connectivity index (χ1) is 13.5. The summed E-state index contributed by atoms with van der Waals surface area (Å²) < 4.78 is 1.78. The number of para-hydroxylation sites is 1. The molecule has 142 valence electrons. The predicted molar refractivity (Wildman–Crippen MR) is 110 cm³/mol. The number of amides is 2. The standard InChI is InChI=1S/C21H20N4O2S/c1-2-14-5-3-7-18-16(12-25(20(14)18)13-19(23)26)9-15(10-22)21(27)24-11-17-6-4-8-28-17/h3-9,12H,2,11,13H2,1H3,(H2,23,26)(H,24,27)/b15-9+. The number of hydrogen-bond acceptors (Lipinski definition) is 4. The fraction of sp³-hybridized carbons (Fsp3) is 0.190. The minimum absolute atomic E-state index is 0.0107. The maximum Gasteiger partial charge on any atom is 0.262 e. The van der Waals surface area contributed by atoms with E-state index in [0.29, 0.717) is 12.1 Å². The van der Waals surface area contributed by atoms with Crippen LogP contribution in [0.5, 0.6) is 0 Å². The van der Waals surface area contributed by atoms with E-state index in [-0.39, 0.29) is 12.1 Å². The van der Waals surface area contributed by atoms with Gasteiger partial charge in [-0.25, -0.2) is 0 Å². The van der Waals surface area contributed by atoms with E-state index in [4.69, 9.17) is 5.73 Å². The van der Waals surface area contributed by atoms with Crippen LogP contribution in [-0.2, 0) is 29.1 Å².